The summed E-state index contributed by atoms with van der Waals surface area (Å²) in [4.78, 5) is 18.6. The van der Waals surface area contributed by atoms with Crippen molar-refractivity contribution in [3.8, 4) is 0 Å². The van der Waals surface area contributed by atoms with Crippen LogP contribution in [0.3, 0.4) is 0 Å². The molecule has 0 radical (unpaired) electrons. The molecule has 0 spiro atoms. The highest BCUT2D eigenvalue weighted by molar-refractivity contribution is 9.10. The number of carbonyl (C=O) groups is 1. The molecule has 1 aromatic heterocycles. The summed E-state index contributed by atoms with van der Waals surface area (Å²) in [6.07, 6.45) is 7.76. The van der Waals surface area contributed by atoms with Crippen molar-refractivity contribution < 1.29 is 4.79 Å². The smallest absolute Gasteiger partial charge is 0.254 e. The monoisotopic (exact) mass is 310 g/mol. The van der Waals surface area contributed by atoms with E-state index in [9.17, 15) is 4.79 Å². The number of aromatic nitrogens is 1. The fourth-order valence-electron chi connectivity index (χ4n) is 2.66. The van der Waals surface area contributed by atoms with Gasteiger partial charge in [0, 0.05) is 24.3 Å². The first-order valence-electron chi connectivity index (χ1n) is 6.65. The lowest BCUT2D eigenvalue weighted by Crippen LogP contribution is -2.41. The van der Waals surface area contributed by atoms with E-state index in [1.807, 2.05) is 4.90 Å². The second-order valence-electron chi connectivity index (χ2n) is 4.75. The molecule has 0 N–H and O–H groups in total. The molecule has 1 aliphatic rings. The van der Waals surface area contributed by atoms with Crippen LogP contribution in [0.2, 0.25) is 0 Å². The summed E-state index contributed by atoms with van der Waals surface area (Å²) in [5, 5.41) is 0. The Labute approximate surface area is 117 Å². The highest BCUT2D eigenvalue weighted by Gasteiger charge is 2.24. The Morgan fingerprint density at radius 1 is 1.44 bits per heavy atom. The predicted molar refractivity (Wildman–Crippen MR) is 75.5 cm³/mol. The first-order chi connectivity index (χ1) is 8.72. The van der Waals surface area contributed by atoms with Gasteiger partial charge in [-0.2, -0.15) is 0 Å². The van der Waals surface area contributed by atoms with Gasteiger partial charge in [-0.3, -0.25) is 4.79 Å². The average Bonchev–Trinajstić information content (AvgIpc) is 2.41. The largest absolute Gasteiger partial charge is 0.336 e. The first kappa shape index (κ1) is 13.5. The van der Waals surface area contributed by atoms with Gasteiger partial charge in [0.25, 0.3) is 5.91 Å². The summed E-state index contributed by atoms with van der Waals surface area (Å²) < 4.78 is 0.716. The van der Waals surface area contributed by atoms with Crippen LogP contribution in [0.4, 0.5) is 0 Å². The summed E-state index contributed by atoms with van der Waals surface area (Å²) in [5.74, 6) is 0.132. The van der Waals surface area contributed by atoms with E-state index in [1.54, 1.807) is 18.3 Å². The van der Waals surface area contributed by atoms with Crippen LogP contribution in [0.25, 0.3) is 0 Å². The molecule has 18 heavy (non-hydrogen) atoms. The molecule has 1 aliphatic carbocycles. The van der Waals surface area contributed by atoms with Crippen molar-refractivity contribution in [2.45, 2.75) is 45.1 Å². The van der Waals surface area contributed by atoms with Gasteiger partial charge in [-0.1, -0.05) is 19.3 Å². The van der Waals surface area contributed by atoms with Gasteiger partial charge >= 0.3 is 0 Å². The molecule has 0 saturated heterocycles. The van der Waals surface area contributed by atoms with Gasteiger partial charge in [-0.25, -0.2) is 4.98 Å². The van der Waals surface area contributed by atoms with Crippen molar-refractivity contribution >= 4 is 21.8 Å². The second kappa shape index (κ2) is 6.32. The Hall–Kier alpha value is -0.900. The van der Waals surface area contributed by atoms with Gasteiger partial charge in [-0.15, -0.1) is 0 Å². The lowest BCUT2D eigenvalue weighted by molar-refractivity contribution is 0.0647. The molecule has 1 amide bonds. The third-order valence-corrected chi connectivity index (χ3v) is 4.02. The van der Waals surface area contributed by atoms with E-state index in [0.29, 0.717) is 10.6 Å². The summed E-state index contributed by atoms with van der Waals surface area (Å²) in [5.41, 5.74) is 0.726. The molecule has 0 bridgehead atoms. The Balaban J connectivity index is 2.14. The third-order valence-electron chi connectivity index (χ3n) is 3.59. The molecule has 2 rings (SSSR count). The lowest BCUT2D eigenvalue weighted by Gasteiger charge is -2.33. The number of amides is 1. The Bertz CT molecular complexity index is 416. The molecule has 0 atom stereocenters. The van der Waals surface area contributed by atoms with Crippen molar-refractivity contribution in [2.24, 2.45) is 0 Å². The number of halogens is 1. The molecule has 98 valence electrons. The second-order valence-corrected chi connectivity index (χ2v) is 5.56. The van der Waals surface area contributed by atoms with E-state index in [2.05, 4.69) is 27.8 Å². The van der Waals surface area contributed by atoms with E-state index in [0.717, 1.165) is 24.9 Å². The zero-order valence-electron chi connectivity index (χ0n) is 10.7. The zero-order valence-corrected chi connectivity index (χ0v) is 12.3. The Kier molecular flexibility index (Phi) is 4.75. The summed E-state index contributed by atoms with van der Waals surface area (Å²) in [7, 11) is 0. The molecule has 1 aromatic rings. The number of rotatable bonds is 3. The molecule has 1 fully saturated rings. The summed E-state index contributed by atoms with van der Waals surface area (Å²) >= 11 is 3.32. The maximum Gasteiger partial charge on any atom is 0.254 e. The Morgan fingerprint density at radius 3 is 2.78 bits per heavy atom. The third kappa shape index (κ3) is 3.10. The number of hydrogen-bond donors (Lipinski definition) is 0. The maximum atomic E-state index is 12.5. The number of hydrogen-bond acceptors (Lipinski definition) is 2. The minimum absolute atomic E-state index is 0.132. The minimum Gasteiger partial charge on any atom is -0.336 e. The minimum atomic E-state index is 0.132. The highest BCUT2D eigenvalue weighted by Crippen LogP contribution is 2.24. The standard InChI is InChI=1S/C14H19BrN2O/c1-2-17(12-6-4-3-5-7-12)14(18)11-8-9-16-13(15)10-11/h8-10,12H,2-7H2,1H3. The van der Waals surface area contributed by atoms with Gasteiger partial charge < -0.3 is 4.90 Å². The van der Waals surface area contributed by atoms with E-state index >= 15 is 0 Å². The van der Waals surface area contributed by atoms with Crippen molar-refractivity contribution in [1.82, 2.24) is 9.88 Å². The molecule has 1 heterocycles. The summed E-state index contributed by atoms with van der Waals surface area (Å²) in [6.45, 7) is 2.84. The maximum absolute atomic E-state index is 12.5. The zero-order chi connectivity index (χ0) is 13.0. The van der Waals surface area contributed by atoms with Gasteiger partial charge in [0.2, 0.25) is 0 Å². The van der Waals surface area contributed by atoms with Crippen LogP contribution < -0.4 is 0 Å². The number of nitrogens with zero attached hydrogens (tertiary/aromatic N) is 2. The molecule has 1 saturated carbocycles. The quantitative estimate of drug-likeness (QED) is 0.799. The average molecular weight is 311 g/mol. The van der Waals surface area contributed by atoms with E-state index in [4.69, 9.17) is 0 Å². The van der Waals surface area contributed by atoms with Gasteiger partial charge in [-0.05, 0) is 47.8 Å². The van der Waals surface area contributed by atoms with Crippen molar-refractivity contribution in [3.05, 3.63) is 28.5 Å². The van der Waals surface area contributed by atoms with Crippen molar-refractivity contribution in [1.29, 1.82) is 0 Å². The number of carbonyl (C=O) groups excluding carboxylic acids is 1. The van der Waals surface area contributed by atoms with Gasteiger partial charge in [0.05, 0.1) is 0 Å². The van der Waals surface area contributed by atoms with Crippen LogP contribution in [0.1, 0.15) is 49.4 Å². The van der Waals surface area contributed by atoms with E-state index < -0.39 is 0 Å². The topological polar surface area (TPSA) is 33.2 Å². The lowest BCUT2D eigenvalue weighted by atomic mass is 9.94. The molecular weight excluding hydrogens is 292 g/mol. The van der Waals surface area contributed by atoms with E-state index in [-0.39, 0.29) is 5.91 Å². The normalized spacial score (nSPS) is 16.6. The SMILES string of the molecule is CCN(C(=O)c1ccnc(Br)c1)C1CCCCC1. The Morgan fingerprint density at radius 2 is 2.17 bits per heavy atom. The van der Waals surface area contributed by atoms with Crippen LogP contribution in [0.5, 0.6) is 0 Å². The van der Waals surface area contributed by atoms with Crippen LogP contribution >= 0.6 is 15.9 Å². The van der Waals surface area contributed by atoms with Gasteiger partial charge in [0.15, 0.2) is 0 Å². The number of pyridine rings is 1. The molecular formula is C14H19BrN2O. The first-order valence-corrected chi connectivity index (χ1v) is 7.44. The molecule has 0 aromatic carbocycles. The molecule has 0 unspecified atom stereocenters. The molecule has 3 nitrogen and oxygen atoms in total. The van der Waals surface area contributed by atoms with Gasteiger partial charge in [0.1, 0.15) is 4.60 Å². The van der Waals surface area contributed by atoms with Crippen LogP contribution in [0, 0.1) is 0 Å². The van der Waals surface area contributed by atoms with Crippen LogP contribution in [-0.2, 0) is 0 Å². The van der Waals surface area contributed by atoms with Crippen molar-refractivity contribution in [2.75, 3.05) is 6.54 Å². The predicted octanol–water partition coefficient (Wildman–Crippen LogP) is 3.64. The fourth-order valence-corrected chi connectivity index (χ4v) is 3.03. The van der Waals surface area contributed by atoms with Crippen LogP contribution in [-0.4, -0.2) is 28.4 Å². The molecule has 4 heteroatoms. The van der Waals surface area contributed by atoms with Crippen LogP contribution in [0.15, 0.2) is 22.9 Å². The summed E-state index contributed by atoms with van der Waals surface area (Å²) in [6, 6.07) is 4.01. The highest BCUT2D eigenvalue weighted by atomic mass is 79.9. The fraction of sp³-hybridized carbons (Fsp3) is 0.571. The van der Waals surface area contributed by atoms with Crippen molar-refractivity contribution in [3.63, 3.8) is 0 Å². The van der Waals surface area contributed by atoms with E-state index in [1.165, 1.54) is 19.3 Å². The molecule has 0 aliphatic heterocycles.